The lowest BCUT2D eigenvalue weighted by atomic mass is 10.3. The summed E-state index contributed by atoms with van der Waals surface area (Å²) in [5, 5.41) is 2.55. The van der Waals surface area contributed by atoms with Crippen molar-refractivity contribution in [2.75, 3.05) is 18.4 Å². The van der Waals surface area contributed by atoms with Gasteiger partial charge < -0.3 is 10.2 Å². The van der Waals surface area contributed by atoms with E-state index in [4.69, 9.17) is 0 Å². The van der Waals surface area contributed by atoms with Gasteiger partial charge in [0.1, 0.15) is 0 Å². The smallest absolute Gasteiger partial charge is 0.313 e. The first-order valence-electron chi connectivity index (χ1n) is 5.66. The number of halogens is 1. The molecule has 1 aromatic rings. The molecule has 0 saturated heterocycles. The van der Waals surface area contributed by atoms with Crippen LogP contribution in [0.3, 0.4) is 0 Å². The van der Waals surface area contributed by atoms with Gasteiger partial charge in [0.15, 0.2) is 0 Å². The zero-order chi connectivity index (χ0) is 14.3. The molecule has 0 fully saturated rings. The molecule has 1 rings (SSSR count). The van der Waals surface area contributed by atoms with Crippen molar-refractivity contribution in [3.63, 3.8) is 0 Å². The number of nitrogens with zero attached hydrogens (tertiary/aromatic N) is 1. The summed E-state index contributed by atoms with van der Waals surface area (Å²) < 4.78 is 0.826. The molecule has 0 saturated carbocycles. The summed E-state index contributed by atoms with van der Waals surface area (Å²) in [6, 6.07) is 7.03. The first kappa shape index (κ1) is 15.2. The normalized spacial score (nSPS) is 9.53. The number of nitrogens with one attached hydrogen (secondary N) is 1. The van der Waals surface area contributed by atoms with Crippen molar-refractivity contribution in [3.8, 4) is 0 Å². The zero-order valence-electron chi connectivity index (χ0n) is 10.4. The summed E-state index contributed by atoms with van der Waals surface area (Å²) in [4.78, 5) is 25.1. The van der Waals surface area contributed by atoms with Gasteiger partial charge in [-0.1, -0.05) is 34.1 Å². The van der Waals surface area contributed by atoms with Crippen molar-refractivity contribution in [2.45, 2.75) is 0 Å². The SMILES string of the molecule is C=CCN(CC=C)C(=O)C(=O)Nc1cccc(Br)c1. The van der Waals surface area contributed by atoms with E-state index in [0.717, 1.165) is 4.47 Å². The van der Waals surface area contributed by atoms with E-state index in [2.05, 4.69) is 34.4 Å². The fourth-order valence-corrected chi connectivity index (χ4v) is 1.85. The van der Waals surface area contributed by atoms with Crippen molar-refractivity contribution >= 4 is 33.4 Å². The molecule has 19 heavy (non-hydrogen) atoms. The highest BCUT2D eigenvalue weighted by molar-refractivity contribution is 9.10. The quantitative estimate of drug-likeness (QED) is 0.669. The third kappa shape index (κ3) is 4.71. The minimum Gasteiger partial charge on any atom is -0.327 e. The standard InChI is InChI=1S/C14H15BrN2O2/c1-3-8-17(9-4-2)14(19)13(18)16-12-7-5-6-11(15)10-12/h3-7,10H,1-2,8-9H2,(H,16,18). The number of carbonyl (C=O) groups is 2. The fraction of sp³-hybridized carbons (Fsp3) is 0.143. The molecule has 0 bridgehead atoms. The van der Waals surface area contributed by atoms with E-state index in [1.165, 1.54) is 4.90 Å². The molecule has 0 radical (unpaired) electrons. The minimum absolute atomic E-state index is 0.302. The van der Waals surface area contributed by atoms with Crippen molar-refractivity contribution in [1.29, 1.82) is 0 Å². The lowest BCUT2D eigenvalue weighted by Crippen LogP contribution is -2.39. The van der Waals surface area contributed by atoms with Crippen LogP contribution in [0.5, 0.6) is 0 Å². The molecule has 0 atom stereocenters. The van der Waals surface area contributed by atoms with E-state index in [1.807, 2.05) is 6.07 Å². The molecule has 1 aromatic carbocycles. The Bertz CT molecular complexity index is 490. The Morgan fingerprint density at radius 2 is 1.89 bits per heavy atom. The summed E-state index contributed by atoms with van der Waals surface area (Å²) >= 11 is 3.29. The topological polar surface area (TPSA) is 49.4 Å². The third-order valence-corrected chi connectivity index (χ3v) is 2.76. The van der Waals surface area contributed by atoms with Crippen molar-refractivity contribution in [3.05, 3.63) is 54.0 Å². The van der Waals surface area contributed by atoms with Gasteiger partial charge in [0.2, 0.25) is 0 Å². The van der Waals surface area contributed by atoms with Crippen molar-refractivity contribution in [1.82, 2.24) is 4.90 Å². The van der Waals surface area contributed by atoms with Crippen LogP contribution in [0.1, 0.15) is 0 Å². The van der Waals surface area contributed by atoms with E-state index in [9.17, 15) is 9.59 Å². The Balaban J connectivity index is 2.73. The molecule has 2 amide bonds. The Kier molecular flexibility index (Phi) is 6.02. The Labute approximate surface area is 120 Å². The first-order valence-corrected chi connectivity index (χ1v) is 6.45. The minimum atomic E-state index is -0.679. The maximum Gasteiger partial charge on any atom is 0.313 e. The first-order chi connectivity index (χ1) is 9.08. The van der Waals surface area contributed by atoms with Crippen LogP contribution >= 0.6 is 15.9 Å². The van der Waals surface area contributed by atoms with Crippen LogP contribution in [-0.2, 0) is 9.59 Å². The second kappa shape index (κ2) is 7.53. The van der Waals surface area contributed by atoms with Crippen LogP contribution in [0, 0.1) is 0 Å². The van der Waals surface area contributed by atoms with E-state index >= 15 is 0 Å². The van der Waals surface area contributed by atoms with E-state index in [0.29, 0.717) is 18.8 Å². The number of amides is 2. The van der Waals surface area contributed by atoms with Crippen LogP contribution in [0.4, 0.5) is 5.69 Å². The Hall–Kier alpha value is -1.88. The lowest BCUT2D eigenvalue weighted by Gasteiger charge is -2.18. The fourth-order valence-electron chi connectivity index (χ4n) is 1.45. The average molecular weight is 323 g/mol. The lowest BCUT2D eigenvalue weighted by molar-refractivity contribution is -0.142. The van der Waals surface area contributed by atoms with E-state index in [1.54, 1.807) is 30.4 Å². The number of anilines is 1. The third-order valence-electron chi connectivity index (χ3n) is 2.26. The predicted octanol–water partition coefficient (Wildman–Crippen LogP) is 2.59. The number of rotatable bonds is 5. The second-order valence-corrected chi connectivity index (χ2v) is 4.67. The maximum atomic E-state index is 11.9. The van der Waals surface area contributed by atoms with Gasteiger partial charge in [-0.25, -0.2) is 0 Å². The highest BCUT2D eigenvalue weighted by atomic mass is 79.9. The molecule has 0 spiro atoms. The van der Waals surface area contributed by atoms with E-state index < -0.39 is 11.8 Å². The maximum absolute atomic E-state index is 11.9. The monoisotopic (exact) mass is 322 g/mol. The van der Waals surface area contributed by atoms with Gasteiger partial charge in [0, 0.05) is 23.2 Å². The van der Waals surface area contributed by atoms with Crippen LogP contribution in [0.2, 0.25) is 0 Å². The predicted molar refractivity (Wildman–Crippen MR) is 79.7 cm³/mol. The molecule has 0 aliphatic rings. The van der Waals surface area contributed by atoms with Crippen LogP contribution in [0.25, 0.3) is 0 Å². The summed E-state index contributed by atoms with van der Waals surface area (Å²) in [6.45, 7) is 7.71. The Morgan fingerprint density at radius 1 is 1.26 bits per heavy atom. The number of hydrogen-bond acceptors (Lipinski definition) is 2. The summed E-state index contributed by atoms with van der Waals surface area (Å²) in [6.07, 6.45) is 3.13. The van der Waals surface area contributed by atoms with Gasteiger partial charge >= 0.3 is 11.8 Å². The second-order valence-electron chi connectivity index (χ2n) is 3.75. The van der Waals surface area contributed by atoms with Gasteiger partial charge in [-0.15, -0.1) is 13.2 Å². The molecule has 0 aliphatic heterocycles. The molecular formula is C14H15BrN2O2. The van der Waals surface area contributed by atoms with Gasteiger partial charge in [0.25, 0.3) is 0 Å². The molecule has 0 aromatic heterocycles. The summed E-state index contributed by atoms with van der Waals surface area (Å²) in [5.41, 5.74) is 0.560. The highest BCUT2D eigenvalue weighted by Crippen LogP contribution is 2.15. The Morgan fingerprint density at radius 3 is 2.42 bits per heavy atom. The molecule has 100 valence electrons. The van der Waals surface area contributed by atoms with Gasteiger partial charge in [0.05, 0.1) is 0 Å². The van der Waals surface area contributed by atoms with Crippen LogP contribution in [0.15, 0.2) is 54.0 Å². The van der Waals surface area contributed by atoms with Crippen LogP contribution in [-0.4, -0.2) is 29.8 Å². The largest absolute Gasteiger partial charge is 0.327 e. The average Bonchev–Trinajstić information content (AvgIpc) is 2.37. The van der Waals surface area contributed by atoms with Gasteiger partial charge in [-0.05, 0) is 18.2 Å². The van der Waals surface area contributed by atoms with Crippen LogP contribution < -0.4 is 5.32 Å². The molecule has 0 heterocycles. The molecule has 0 aliphatic carbocycles. The molecule has 0 unspecified atom stereocenters. The van der Waals surface area contributed by atoms with Gasteiger partial charge in [-0.3, -0.25) is 9.59 Å². The van der Waals surface area contributed by atoms with Crippen molar-refractivity contribution < 1.29 is 9.59 Å². The number of carbonyl (C=O) groups excluding carboxylic acids is 2. The molecule has 1 N–H and O–H groups in total. The molecule has 5 heteroatoms. The molecular weight excluding hydrogens is 308 g/mol. The number of benzene rings is 1. The zero-order valence-corrected chi connectivity index (χ0v) is 12.0. The number of hydrogen-bond donors (Lipinski definition) is 1. The van der Waals surface area contributed by atoms with E-state index in [-0.39, 0.29) is 0 Å². The highest BCUT2D eigenvalue weighted by Gasteiger charge is 2.19. The molecule has 4 nitrogen and oxygen atoms in total. The van der Waals surface area contributed by atoms with Gasteiger partial charge in [-0.2, -0.15) is 0 Å². The van der Waals surface area contributed by atoms with Crippen molar-refractivity contribution in [2.24, 2.45) is 0 Å². The summed E-state index contributed by atoms with van der Waals surface area (Å²) in [7, 11) is 0. The summed E-state index contributed by atoms with van der Waals surface area (Å²) in [5.74, 6) is -1.29.